The number of benzene rings is 1. The third-order valence-corrected chi connectivity index (χ3v) is 2.04. The summed E-state index contributed by atoms with van der Waals surface area (Å²) >= 11 is 0. The van der Waals surface area contributed by atoms with Gasteiger partial charge in [-0.15, -0.1) is 0 Å². The molecule has 1 amide bonds. The van der Waals surface area contributed by atoms with Crippen molar-refractivity contribution in [1.29, 1.82) is 0 Å². The minimum Gasteiger partial charge on any atom is -0.380 e. The first-order valence-corrected chi connectivity index (χ1v) is 5.56. The minimum atomic E-state index is -0.321. The normalized spacial score (nSPS) is 10.2. The SMILES string of the molecule is CCOCCNCC(=O)Nc1ccc(F)cc1. The third-order valence-electron chi connectivity index (χ3n) is 2.04. The molecule has 0 aliphatic carbocycles. The Morgan fingerprint density at radius 2 is 2.06 bits per heavy atom. The summed E-state index contributed by atoms with van der Waals surface area (Å²) in [6.07, 6.45) is 0. The Morgan fingerprint density at radius 1 is 1.35 bits per heavy atom. The molecule has 0 saturated heterocycles. The van der Waals surface area contributed by atoms with E-state index in [0.717, 1.165) is 0 Å². The molecule has 2 N–H and O–H groups in total. The van der Waals surface area contributed by atoms with Crippen molar-refractivity contribution in [3.8, 4) is 0 Å². The molecule has 0 heterocycles. The maximum absolute atomic E-state index is 12.6. The van der Waals surface area contributed by atoms with Crippen molar-refractivity contribution in [2.45, 2.75) is 6.92 Å². The van der Waals surface area contributed by atoms with Crippen LogP contribution < -0.4 is 10.6 Å². The monoisotopic (exact) mass is 240 g/mol. The molecule has 0 aliphatic rings. The molecule has 1 aromatic rings. The van der Waals surface area contributed by atoms with Gasteiger partial charge < -0.3 is 15.4 Å². The number of hydrogen-bond acceptors (Lipinski definition) is 3. The van der Waals surface area contributed by atoms with Crippen LogP contribution in [0.2, 0.25) is 0 Å². The van der Waals surface area contributed by atoms with E-state index in [4.69, 9.17) is 4.74 Å². The van der Waals surface area contributed by atoms with E-state index in [1.807, 2.05) is 6.92 Å². The number of carbonyl (C=O) groups is 1. The minimum absolute atomic E-state index is 0.159. The van der Waals surface area contributed by atoms with Gasteiger partial charge in [0.15, 0.2) is 0 Å². The van der Waals surface area contributed by atoms with Gasteiger partial charge in [0.25, 0.3) is 0 Å². The Bertz CT molecular complexity index is 341. The largest absolute Gasteiger partial charge is 0.380 e. The van der Waals surface area contributed by atoms with E-state index in [-0.39, 0.29) is 18.3 Å². The number of rotatable bonds is 7. The highest BCUT2D eigenvalue weighted by atomic mass is 19.1. The molecule has 1 aromatic carbocycles. The van der Waals surface area contributed by atoms with Crippen LogP contribution in [0.25, 0.3) is 0 Å². The van der Waals surface area contributed by atoms with Crippen molar-refractivity contribution in [3.05, 3.63) is 30.1 Å². The first-order chi connectivity index (χ1) is 8.22. The predicted molar refractivity (Wildman–Crippen MR) is 64.4 cm³/mol. The van der Waals surface area contributed by atoms with Crippen LogP contribution in [-0.2, 0) is 9.53 Å². The van der Waals surface area contributed by atoms with Crippen LogP contribution in [0.15, 0.2) is 24.3 Å². The average Bonchev–Trinajstić information content (AvgIpc) is 2.32. The van der Waals surface area contributed by atoms with Gasteiger partial charge in [-0.1, -0.05) is 0 Å². The first kappa shape index (κ1) is 13.6. The Balaban J connectivity index is 2.18. The zero-order chi connectivity index (χ0) is 12.5. The molecular formula is C12H17FN2O2. The number of nitrogens with one attached hydrogen (secondary N) is 2. The molecule has 0 radical (unpaired) electrons. The Kier molecular flexibility index (Phi) is 6.21. The van der Waals surface area contributed by atoms with E-state index in [9.17, 15) is 9.18 Å². The molecule has 4 nitrogen and oxygen atoms in total. The summed E-state index contributed by atoms with van der Waals surface area (Å²) < 4.78 is 17.7. The van der Waals surface area contributed by atoms with Crippen molar-refractivity contribution in [1.82, 2.24) is 5.32 Å². The lowest BCUT2D eigenvalue weighted by Crippen LogP contribution is -2.30. The van der Waals surface area contributed by atoms with Gasteiger partial charge in [0.2, 0.25) is 5.91 Å². The van der Waals surface area contributed by atoms with Crippen molar-refractivity contribution < 1.29 is 13.9 Å². The van der Waals surface area contributed by atoms with Gasteiger partial charge in [-0.2, -0.15) is 0 Å². The molecule has 17 heavy (non-hydrogen) atoms. The van der Waals surface area contributed by atoms with Gasteiger partial charge in [-0.05, 0) is 31.2 Å². The van der Waals surface area contributed by atoms with E-state index in [1.165, 1.54) is 24.3 Å². The van der Waals surface area contributed by atoms with Gasteiger partial charge in [-0.3, -0.25) is 4.79 Å². The zero-order valence-corrected chi connectivity index (χ0v) is 9.83. The van der Waals surface area contributed by atoms with Crippen LogP contribution in [0.4, 0.5) is 10.1 Å². The molecule has 1 rings (SSSR count). The molecule has 5 heteroatoms. The second-order valence-electron chi connectivity index (χ2n) is 3.43. The highest BCUT2D eigenvalue weighted by Crippen LogP contribution is 2.07. The van der Waals surface area contributed by atoms with Crippen molar-refractivity contribution in [3.63, 3.8) is 0 Å². The standard InChI is InChI=1S/C12H17FN2O2/c1-2-17-8-7-14-9-12(16)15-11-5-3-10(13)4-6-11/h3-6,14H,2,7-9H2,1H3,(H,15,16). The number of hydrogen-bond donors (Lipinski definition) is 2. The molecule has 0 aromatic heterocycles. The fraction of sp³-hybridized carbons (Fsp3) is 0.417. The smallest absolute Gasteiger partial charge is 0.238 e. The molecule has 0 fully saturated rings. The lowest BCUT2D eigenvalue weighted by molar-refractivity contribution is -0.115. The van der Waals surface area contributed by atoms with Crippen LogP contribution in [0.5, 0.6) is 0 Å². The first-order valence-electron chi connectivity index (χ1n) is 5.56. The summed E-state index contributed by atoms with van der Waals surface area (Å²) in [6, 6.07) is 5.65. The van der Waals surface area contributed by atoms with Crippen LogP contribution in [-0.4, -0.2) is 32.2 Å². The molecule has 0 aliphatic heterocycles. The van der Waals surface area contributed by atoms with E-state index < -0.39 is 0 Å². The Morgan fingerprint density at radius 3 is 2.71 bits per heavy atom. The van der Waals surface area contributed by atoms with Crippen LogP contribution >= 0.6 is 0 Å². The van der Waals surface area contributed by atoms with Crippen LogP contribution in [0.1, 0.15) is 6.92 Å². The van der Waals surface area contributed by atoms with Gasteiger partial charge in [0, 0.05) is 18.8 Å². The highest BCUT2D eigenvalue weighted by molar-refractivity contribution is 5.92. The lowest BCUT2D eigenvalue weighted by atomic mass is 10.3. The molecular weight excluding hydrogens is 223 g/mol. The average molecular weight is 240 g/mol. The Hall–Kier alpha value is -1.46. The molecule has 0 bridgehead atoms. The number of amides is 1. The maximum atomic E-state index is 12.6. The predicted octanol–water partition coefficient (Wildman–Crippen LogP) is 1.39. The topological polar surface area (TPSA) is 50.4 Å². The zero-order valence-electron chi connectivity index (χ0n) is 9.83. The molecule has 94 valence electrons. The summed E-state index contributed by atoms with van der Waals surface area (Å²) in [5, 5.41) is 5.59. The van der Waals surface area contributed by atoms with Crippen molar-refractivity contribution >= 4 is 11.6 Å². The summed E-state index contributed by atoms with van der Waals surface area (Å²) in [7, 11) is 0. The summed E-state index contributed by atoms with van der Waals surface area (Å²) in [5.74, 6) is -0.481. The van der Waals surface area contributed by atoms with Gasteiger partial charge in [0.1, 0.15) is 5.82 Å². The molecule has 0 saturated carbocycles. The highest BCUT2D eigenvalue weighted by Gasteiger charge is 2.01. The van der Waals surface area contributed by atoms with Crippen molar-refractivity contribution in [2.75, 3.05) is 31.6 Å². The van der Waals surface area contributed by atoms with Crippen LogP contribution in [0.3, 0.4) is 0 Å². The van der Waals surface area contributed by atoms with E-state index in [1.54, 1.807) is 0 Å². The number of ether oxygens (including phenoxy) is 1. The van der Waals surface area contributed by atoms with E-state index in [0.29, 0.717) is 25.4 Å². The van der Waals surface area contributed by atoms with Gasteiger partial charge in [0.05, 0.1) is 13.2 Å². The lowest BCUT2D eigenvalue weighted by Gasteiger charge is -2.06. The summed E-state index contributed by atoms with van der Waals surface area (Å²) in [6.45, 7) is 4.01. The van der Waals surface area contributed by atoms with Crippen LogP contribution in [0, 0.1) is 5.82 Å². The second kappa shape index (κ2) is 7.76. The number of anilines is 1. The fourth-order valence-corrected chi connectivity index (χ4v) is 1.23. The fourth-order valence-electron chi connectivity index (χ4n) is 1.23. The number of halogens is 1. The number of carbonyl (C=O) groups excluding carboxylic acids is 1. The molecule has 0 atom stereocenters. The Labute approximate surface area is 100 Å². The molecule has 0 unspecified atom stereocenters. The van der Waals surface area contributed by atoms with Gasteiger partial charge >= 0.3 is 0 Å². The molecule has 0 spiro atoms. The van der Waals surface area contributed by atoms with E-state index >= 15 is 0 Å². The van der Waals surface area contributed by atoms with Crippen molar-refractivity contribution in [2.24, 2.45) is 0 Å². The third kappa shape index (κ3) is 5.99. The maximum Gasteiger partial charge on any atom is 0.238 e. The second-order valence-corrected chi connectivity index (χ2v) is 3.43. The van der Waals surface area contributed by atoms with E-state index in [2.05, 4.69) is 10.6 Å². The quantitative estimate of drug-likeness (QED) is 0.708. The summed E-state index contributed by atoms with van der Waals surface area (Å²) in [5.41, 5.74) is 0.586. The summed E-state index contributed by atoms with van der Waals surface area (Å²) in [4.78, 5) is 11.4. The van der Waals surface area contributed by atoms with Gasteiger partial charge in [-0.25, -0.2) is 4.39 Å².